The van der Waals surface area contributed by atoms with Gasteiger partial charge >= 0.3 is 0 Å². The lowest BCUT2D eigenvalue weighted by molar-refractivity contribution is 0.0755. The van der Waals surface area contributed by atoms with Crippen molar-refractivity contribution in [1.29, 1.82) is 0 Å². The zero-order valence-electron chi connectivity index (χ0n) is 10.6. The van der Waals surface area contributed by atoms with Crippen molar-refractivity contribution in [2.24, 2.45) is 0 Å². The van der Waals surface area contributed by atoms with Crippen LogP contribution in [-0.2, 0) is 4.74 Å². The highest BCUT2D eigenvalue weighted by Crippen LogP contribution is 2.31. The molecule has 0 amide bonds. The fourth-order valence-corrected chi connectivity index (χ4v) is 2.79. The number of para-hydroxylation sites is 1. The molecule has 1 aliphatic rings. The van der Waals surface area contributed by atoms with Gasteiger partial charge in [-0.25, -0.2) is 0 Å². The van der Waals surface area contributed by atoms with Crippen molar-refractivity contribution >= 4 is 22.6 Å². The predicted molar refractivity (Wildman–Crippen MR) is 74.4 cm³/mol. The minimum Gasteiger partial charge on any atom is -0.457 e. The van der Waals surface area contributed by atoms with E-state index in [2.05, 4.69) is 0 Å². The van der Waals surface area contributed by atoms with Gasteiger partial charge in [0.25, 0.3) is 0 Å². The molecular formula is C15H17ClO3. The number of rotatable bonds is 4. The fraction of sp³-hybridized carbons (Fsp3) is 0.467. The van der Waals surface area contributed by atoms with E-state index in [-0.39, 0.29) is 0 Å². The molecule has 1 saturated heterocycles. The summed E-state index contributed by atoms with van der Waals surface area (Å²) in [5, 5.41) is 11.7. The predicted octanol–water partition coefficient (Wildman–Crippen LogP) is 4.08. The van der Waals surface area contributed by atoms with Crippen molar-refractivity contribution in [2.75, 3.05) is 6.61 Å². The number of furan rings is 1. The Balaban J connectivity index is 1.70. The minimum absolute atomic E-state index is 0.294. The van der Waals surface area contributed by atoms with Gasteiger partial charge in [0.05, 0.1) is 11.1 Å². The van der Waals surface area contributed by atoms with E-state index in [4.69, 9.17) is 20.8 Å². The van der Waals surface area contributed by atoms with Crippen LogP contribution < -0.4 is 0 Å². The first-order chi connectivity index (χ1) is 9.24. The second kappa shape index (κ2) is 5.53. The maximum atomic E-state index is 10.2. The van der Waals surface area contributed by atoms with Crippen molar-refractivity contribution in [3.8, 4) is 0 Å². The lowest BCUT2D eigenvalue weighted by Crippen LogP contribution is -2.07. The highest BCUT2D eigenvalue weighted by molar-refractivity contribution is 6.34. The maximum absolute atomic E-state index is 10.2. The average Bonchev–Trinajstić information content (AvgIpc) is 3.05. The number of halogens is 1. The summed E-state index contributed by atoms with van der Waals surface area (Å²) in [5.41, 5.74) is 0.648. The molecule has 1 aromatic heterocycles. The number of benzene rings is 1. The smallest absolute Gasteiger partial charge is 0.152 e. The molecule has 0 bridgehead atoms. The monoisotopic (exact) mass is 280 g/mol. The van der Waals surface area contributed by atoms with Crippen molar-refractivity contribution in [3.63, 3.8) is 0 Å². The summed E-state index contributed by atoms with van der Waals surface area (Å²) >= 11 is 6.06. The summed E-state index contributed by atoms with van der Waals surface area (Å²) in [5.74, 6) is 0.584. The third-order valence-electron chi connectivity index (χ3n) is 3.63. The molecule has 3 rings (SSSR count). The van der Waals surface area contributed by atoms with Crippen LogP contribution in [0.4, 0.5) is 0 Å². The third-order valence-corrected chi connectivity index (χ3v) is 3.93. The molecule has 2 atom stereocenters. The molecule has 0 saturated carbocycles. The van der Waals surface area contributed by atoms with Gasteiger partial charge in [0.1, 0.15) is 11.9 Å². The van der Waals surface area contributed by atoms with E-state index in [1.807, 2.05) is 18.2 Å². The number of hydrogen-bond acceptors (Lipinski definition) is 3. The summed E-state index contributed by atoms with van der Waals surface area (Å²) in [4.78, 5) is 0. The summed E-state index contributed by atoms with van der Waals surface area (Å²) < 4.78 is 11.2. The Morgan fingerprint density at radius 1 is 1.42 bits per heavy atom. The normalized spacial score (nSPS) is 21.1. The van der Waals surface area contributed by atoms with Crippen LogP contribution in [-0.4, -0.2) is 17.8 Å². The second-order valence-electron chi connectivity index (χ2n) is 5.04. The molecule has 0 aliphatic carbocycles. The first kappa shape index (κ1) is 13.0. The Bertz CT molecular complexity index is 558. The highest BCUT2D eigenvalue weighted by Gasteiger charge is 2.20. The van der Waals surface area contributed by atoms with Crippen LogP contribution in [0.5, 0.6) is 0 Å². The number of fused-ring (bicyclic) bond motifs is 1. The van der Waals surface area contributed by atoms with E-state index in [0.717, 1.165) is 31.3 Å². The molecule has 102 valence electrons. The van der Waals surface area contributed by atoms with E-state index < -0.39 is 6.10 Å². The van der Waals surface area contributed by atoms with Crippen LogP contribution in [0.3, 0.4) is 0 Å². The Kier molecular flexibility index (Phi) is 3.78. The van der Waals surface area contributed by atoms with E-state index >= 15 is 0 Å². The van der Waals surface area contributed by atoms with Gasteiger partial charge in [0.15, 0.2) is 5.58 Å². The molecule has 4 heteroatoms. The van der Waals surface area contributed by atoms with Crippen LogP contribution in [0.25, 0.3) is 11.0 Å². The molecule has 2 aromatic rings. The molecule has 2 heterocycles. The van der Waals surface area contributed by atoms with Gasteiger partial charge in [-0.05, 0) is 37.8 Å². The van der Waals surface area contributed by atoms with Crippen molar-refractivity contribution in [3.05, 3.63) is 35.0 Å². The lowest BCUT2D eigenvalue weighted by Gasteiger charge is -2.11. The van der Waals surface area contributed by atoms with Gasteiger partial charge in [0, 0.05) is 12.0 Å². The van der Waals surface area contributed by atoms with E-state index in [1.165, 1.54) is 0 Å². The zero-order valence-corrected chi connectivity index (χ0v) is 11.4. The Hall–Kier alpha value is -1.03. The van der Waals surface area contributed by atoms with Gasteiger partial charge in [-0.1, -0.05) is 23.7 Å². The SMILES string of the molecule is OC(CCC1CCCO1)c1cc2cccc(Cl)c2o1. The molecule has 1 aliphatic heterocycles. The molecule has 19 heavy (non-hydrogen) atoms. The number of ether oxygens (including phenoxy) is 1. The summed E-state index contributed by atoms with van der Waals surface area (Å²) in [7, 11) is 0. The van der Waals surface area contributed by atoms with Crippen LogP contribution in [0.1, 0.15) is 37.5 Å². The van der Waals surface area contributed by atoms with E-state index in [9.17, 15) is 5.11 Å². The Morgan fingerprint density at radius 3 is 3.05 bits per heavy atom. The lowest BCUT2D eigenvalue weighted by atomic mass is 10.1. The molecule has 1 N–H and O–H groups in total. The summed E-state index contributed by atoms with van der Waals surface area (Å²) in [6, 6.07) is 7.46. The van der Waals surface area contributed by atoms with Crippen LogP contribution in [0, 0.1) is 0 Å². The average molecular weight is 281 g/mol. The molecular weight excluding hydrogens is 264 g/mol. The molecule has 0 radical (unpaired) electrons. The minimum atomic E-state index is -0.590. The topological polar surface area (TPSA) is 42.6 Å². The van der Waals surface area contributed by atoms with Gasteiger partial charge in [-0.2, -0.15) is 0 Å². The van der Waals surface area contributed by atoms with Crippen molar-refractivity contribution in [2.45, 2.75) is 37.9 Å². The van der Waals surface area contributed by atoms with Gasteiger partial charge < -0.3 is 14.3 Å². The van der Waals surface area contributed by atoms with Gasteiger partial charge in [-0.3, -0.25) is 0 Å². The molecule has 1 fully saturated rings. The highest BCUT2D eigenvalue weighted by atomic mass is 35.5. The largest absolute Gasteiger partial charge is 0.457 e. The molecule has 2 unspecified atom stereocenters. The zero-order chi connectivity index (χ0) is 13.2. The van der Waals surface area contributed by atoms with E-state index in [0.29, 0.717) is 28.9 Å². The molecule has 1 aromatic carbocycles. The standard InChI is InChI=1S/C15H17ClO3/c16-12-5-1-3-10-9-14(19-15(10)12)13(17)7-6-11-4-2-8-18-11/h1,3,5,9,11,13,17H,2,4,6-8H2. The Labute approximate surface area is 117 Å². The van der Waals surface area contributed by atoms with Gasteiger partial charge in [0.2, 0.25) is 0 Å². The van der Waals surface area contributed by atoms with Gasteiger partial charge in [-0.15, -0.1) is 0 Å². The van der Waals surface area contributed by atoms with Crippen LogP contribution in [0.2, 0.25) is 5.02 Å². The number of aliphatic hydroxyl groups is 1. The second-order valence-corrected chi connectivity index (χ2v) is 5.44. The number of hydrogen-bond donors (Lipinski definition) is 1. The molecule has 0 spiro atoms. The third kappa shape index (κ3) is 2.78. The number of aliphatic hydroxyl groups excluding tert-OH is 1. The fourth-order valence-electron chi connectivity index (χ4n) is 2.57. The van der Waals surface area contributed by atoms with Crippen molar-refractivity contribution < 1.29 is 14.3 Å². The molecule has 3 nitrogen and oxygen atoms in total. The maximum Gasteiger partial charge on any atom is 0.152 e. The van der Waals surface area contributed by atoms with Crippen molar-refractivity contribution in [1.82, 2.24) is 0 Å². The van der Waals surface area contributed by atoms with Crippen LogP contribution in [0.15, 0.2) is 28.7 Å². The first-order valence-electron chi connectivity index (χ1n) is 6.71. The van der Waals surface area contributed by atoms with Crippen LogP contribution >= 0.6 is 11.6 Å². The Morgan fingerprint density at radius 2 is 2.32 bits per heavy atom. The summed E-state index contributed by atoms with van der Waals surface area (Å²) in [6.07, 6.45) is 3.45. The van der Waals surface area contributed by atoms with E-state index in [1.54, 1.807) is 6.07 Å². The quantitative estimate of drug-likeness (QED) is 0.918. The first-order valence-corrected chi connectivity index (χ1v) is 7.09. The summed E-state index contributed by atoms with van der Waals surface area (Å²) in [6.45, 7) is 0.848.